The van der Waals surface area contributed by atoms with Crippen LogP contribution in [0.15, 0.2) is 29.2 Å². The Hall–Kier alpha value is -2.70. The van der Waals surface area contributed by atoms with Crippen LogP contribution in [0.25, 0.3) is 5.65 Å². The second-order valence-corrected chi connectivity index (χ2v) is 4.93. The van der Waals surface area contributed by atoms with Crippen molar-refractivity contribution in [2.75, 3.05) is 6.54 Å². The first kappa shape index (κ1) is 13.3. The fourth-order valence-corrected chi connectivity index (χ4v) is 2.33. The van der Waals surface area contributed by atoms with Crippen molar-refractivity contribution in [2.45, 2.75) is 19.9 Å². The molecule has 3 rings (SSSR count). The van der Waals surface area contributed by atoms with E-state index in [2.05, 4.69) is 10.3 Å². The molecule has 3 amide bonds. The van der Waals surface area contributed by atoms with Gasteiger partial charge in [-0.25, -0.2) is 9.78 Å². The van der Waals surface area contributed by atoms with Crippen molar-refractivity contribution in [1.82, 2.24) is 19.6 Å². The highest BCUT2D eigenvalue weighted by Crippen LogP contribution is 2.10. The third-order valence-electron chi connectivity index (χ3n) is 3.42. The summed E-state index contributed by atoms with van der Waals surface area (Å²) in [6, 6.07) is 4.52. The molecule has 0 unspecified atom stereocenters. The molecule has 1 saturated heterocycles. The van der Waals surface area contributed by atoms with Gasteiger partial charge in [-0.3, -0.25) is 18.9 Å². The molecule has 2 aromatic rings. The van der Waals surface area contributed by atoms with Gasteiger partial charge in [-0.15, -0.1) is 0 Å². The Morgan fingerprint density at radius 2 is 2.14 bits per heavy atom. The number of carbonyl (C=O) groups is 2. The highest BCUT2D eigenvalue weighted by atomic mass is 16.2. The lowest BCUT2D eigenvalue weighted by atomic mass is 10.2. The van der Waals surface area contributed by atoms with Crippen molar-refractivity contribution in [1.29, 1.82) is 0 Å². The van der Waals surface area contributed by atoms with Crippen LogP contribution in [0, 0.1) is 6.92 Å². The van der Waals surface area contributed by atoms with Gasteiger partial charge in [-0.05, 0) is 18.6 Å². The third-order valence-corrected chi connectivity index (χ3v) is 3.42. The standard InChI is InChI=1S/C14H14N4O3/c1-9-3-2-6-17-12(20)7-10(16-13(9)17)8-18-11(19)4-5-15-14(18)21/h2-3,6-7H,4-5,8H2,1H3,(H,15,21). The first-order chi connectivity index (χ1) is 10.1. The quantitative estimate of drug-likeness (QED) is 0.868. The zero-order valence-corrected chi connectivity index (χ0v) is 11.5. The predicted octanol–water partition coefficient (Wildman–Crippen LogP) is 0.445. The van der Waals surface area contributed by atoms with Gasteiger partial charge in [0.1, 0.15) is 5.65 Å². The van der Waals surface area contributed by atoms with E-state index in [9.17, 15) is 14.4 Å². The van der Waals surface area contributed by atoms with Crippen LogP contribution in [-0.2, 0) is 11.3 Å². The van der Waals surface area contributed by atoms with E-state index in [0.717, 1.165) is 10.5 Å². The lowest BCUT2D eigenvalue weighted by molar-refractivity contribution is -0.129. The highest BCUT2D eigenvalue weighted by molar-refractivity contribution is 5.96. The van der Waals surface area contributed by atoms with Gasteiger partial charge in [0.25, 0.3) is 5.56 Å². The Labute approximate surface area is 120 Å². The van der Waals surface area contributed by atoms with E-state index in [1.54, 1.807) is 12.3 Å². The van der Waals surface area contributed by atoms with Gasteiger partial charge in [-0.2, -0.15) is 0 Å². The molecule has 1 N–H and O–H groups in total. The monoisotopic (exact) mass is 286 g/mol. The number of aromatic nitrogens is 2. The van der Waals surface area contributed by atoms with Crippen molar-refractivity contribution < 1.29 is 9.59 Å². The SMILES string of the molecule is Cc1cccn2c(=O)cc(CN3C(=O)CCNC3=O)nc12. The van der Waals surface area contributed by atoms with Gasteiger partial charge in [0, 0.05) is 25.2 Å². The van der Waals surface area contributed by atoms with Crippen LogP contribution in [-0.4, -0.2) is 32.8 Å². The molecule has 7 heteroatoms. The van der Waals surface area contributed by atoms with Crippen LogP contribution in [0.1, 0.15) is 17.7 Å². The zero-order valence-electron chi connectivity index (χ0n) is 11.5. The number of aryl methyl sites for hydroxylation is 1. The topological polar surface area (TPSA) is 83.8 Å². The third kappa shape index (κ3) is 2.37. The van der Waals surface area contributed by atoms with Crippen LogP contribution < -0.4 is 10.9 Å². The van der Waals surface area contributed by atoms with Crippen molar-refractivity contribution >= 4 is 17.6 Å². The van der Waals surface area contributed by atoms with E-state index in [4.69, 9.17) is 0 Å². The summed E-state index contributed by atoms with van der Waals surface area (Å²) in [5.41, 5.74) is 1.55. The van der Waals surface area contributed by atoms with Crippen molar-refractivity contribution in [2.24, 2.45) is 0 Å². The Balaban J connectivity index is 2.01. The van der Waals surface area contributed by atoms with Crippen molar-refractivity contribution in [3.05, 3.63) is 46.0 Å². The molecule has 0 spiro atoms. The maximum absolute atomic E-state index is 12.1. The fourth-order valence-electron chi connectivity index (χ4n) is 2.33. The van der Waals surface area contributed by atoms with Gasteiger partial charge >= 0.3 is 6.03 Å². The average Bonchev–Trinajstić information content (AvgIpc) is 2.44. The number of nitrogens with zero attached hydrogens (tertiary/aromatic N) is 3. The van der Waals surface area contributed by atoms with Crippen LogP contribution >= 0.6 is 0 Å². The summed E-state index contributed by atoms with van der Waals surface area (Å²) in [5, 5.41) is 2.60. The van der Waals surface area contributed by atoms with Crippen LogP contribution in [0.4, 0.5) is 4.79 Å². The fraction of sp³-hybridized carbons (Fsp3) is 0.286. The summed E-state index contributed by atoms with van der Waals surface area (Å²) >= 11 is 0. The number of carbonyl (C=O) groups excluding carboxylic acids is 2. The summed E-state index contributed by atoms with van der Waals surface area (Å²) < 4.78 is 1.44. The number of pyridine rings is 1. The first-order valence-corrected chi connectivity index (χ1v) is 6.62. The van der Waals surface area contributed by atoms with Gasteiger partial charge in [0.15, 0.2) is 0 Å². The number of amides is 3. The van der Waals surface area contributed by atoms with Crippen LogP contribution in [0.2, 0.25) is 0 Å². The number of urea groups is 1. The minimum Gasteiger partial charge on any atom is -0.337 e. The molecule has 21 heavy (non-hydrogen) atoms. The molecule has 0 saturated carbocycles. The van der Waals surface area contributed by atoms with Crippen LogP contribution in [0.5, 0.6) is 0 Å². The second-order valence-electron chi connectivity index (χ2n) is 4.93. The number of fused-ring (bicyclic) bond motifs is 1. The molecule has 1 aliphatic rings. The van der Waals surface area contributed by atoms with Gasteiger partial charge < -0.3 is 5.32 Å². The molecule has 7 nitrogen and oxygen atoms in total. The molecular weight excluding hydrogens is 272 g/mol. The van der Waals surface area contributed by atoms with Crippen molar-refractivity contribution in [3.63, 3.8) is 0 Å². The number of hydrogen-bond acceptors (Lipinski definition) is 4. The first-order valence-electron chi connectivity index (χ1n) is 6.62. The Morgan fingerprint density at radius 1 is 1.33 bits per heavy atom. The molecule has 0 bridgehead atoms. The number of imide groups is 1. The number of rotatable bonds is 2. The normalized spacial score (nSPS) is 15.4. The Bertz CT molecular complexity index is 780. The minimum atomic E-state index is -0.446. The summed E-state index contributed by atoms with van der Waals surface area (Å²) in [5.74, 6) is -0.259. The van der Waals surface area contributed by atoms with Gasteiger partial charge in [0.05, 0.1) is 12.2 Å². The second kappa shape index (κ2) is 5.01. The molecule has 1 aliphatic heterocycles. The summed E-state index contributed by atoms with van der Waals surface area (Å²) in [4.78, 5) is 41.0. The number of hydrogen-bond donors (Lipinski definition) is 1. The molecule has 0 aliphatic carbocycles. The summed E-state index contributed by atoms with van der Waals surface area (Å²) in [7, 11) is 0. The predicted molar refractivity (Wildman–Crippen MR) is 74.8 cm³/mol. The average molecular weight is 286 g/mol. The van der Waals surface area contributed by atoms with E-state index in [-0.39, 0.29) is 24.4 Å². The molecule has 2 aromatic heterocycles. The summed E-state index contributed by atoms with van der Waals surface area (Å²) in [6.07, 6.45) is 1.90. The molecule has 108 valence electrons. The van der Waals surface area contributed by atoms with E-state index >= 15 is 0 Å². The highest BCUT2D eigenvalue weighted by Gasteiger charge is 2.26. The lowest BCUT2D eigenvalue weighted by Gasteiger charge is -2.25. The van der Waals surface area contributed by atoms with Gasteiger partial charge in [-0.1, -0.05) is 6.07 Å². The van der Waals surface area contributed by atoms with Crippen molar-refractivity contribution in [3.8, 4) is 0 Å². The molecule has 1 fully saturated rings. The molecule has 0 radical (unpaired) electrons. The molecule has 0 atom stereocenters. The zero-order chi connectivity index (χ0) is 15.0. The van der Waals surface area contributed by atoms with Gasteiger partial charge in [0.2, 0.25) is 5.91 Å². The van der Waals surface area contributed by atoms with Crippen LogP contribution in [0.3, 0.4) is 0 Å². The van der Waals surface area contributed by atoms with E-state index < -0.39 is 6.03 Å². The van der Waals surface area contributed by atoms with E-state index in [0.29, 0.717) is 17.9 Å². The maximum atomic E-state index is 12.1. The summed E-state index contributed by atoms with van der Waals surface area (Å²) in [6.45, 7) is 2.20. The molecular formula is C14H14N4O3. The largest absolute Gasteiger partial charge is 0.337 e. The number of nitrogens with one attached hydrogen (secondary N) is 1. The Morgan fingerprint density at radius 3 is 2.90 bits per heavy atom. The lowest BCUT2D eigenvalue weighted by Crippen LogP contribution is -2.49. The Kier molecular flexibility index (Phi) is 3.17. The minimum absolute atomic E-state index is 0.00470. The smallest absolute Gasteiger partial charge is 0.324 e. The maximum Gasteiger partial charge on any atom is 0.324 e. The molecule has 3 heterocycles. The van der Waals surface area contributed by atoms with E-state index in [1.165, 1.54) is 10.5 Å². The molecule has 0 aromatic carbocycles. The van der Waals surface area contributed by atoms with E-state index in [1.807, 2.05) is 13.0 Å².